The molecule has 1 aromatic carbocycles. The summed E-state index contributed by atoms with van der Waals surface area (Å²) in [6.07, 6.45) is 1.91. The van der Waals surface area contributed by atoms with Gasteiger partial charge in [-0.3, -0.25) is 14.6 Å². The molecule has 2 amide bonds. The Labute approximate surface area is 160 Å². The van der Waals surface area contributed by atoms with E-state index in [-0.39, 0.29) is 24.2 Å². The molecule has 27 heavy (non-hydrogen) atoms. The third kappa shape index (κ3) is 3.73. The van der Waals surface area contributed by atoms with Crippen molar-refractivity contribution in [2.24, 2.45) is 5.92 Å². The van der Waals surface area contributed by atoms with Crippen LogP contribution in [0.2, 0.25) is 0 Å². The van der Waals surface area contributed by atoms with Crippen LogP contribution in [0.3, 0.4) is 0 Å². The second kappa shape index (κ2) is 7.28. The van der Waals surface area contributed by atoms with Crippen LogP contribution in [-0.2, 0) is 9.59 Å². The van der Waals surface area contributed by atoms with Gasteiger partial charge in [0.2, 0.25) is 11.8 Å². The van der Waals surface area contributed by atoms with Gasteiger partial charge in [-0.1, -0.05) is 23.8 Å². The van der Waals surface area contributed by atoms with Crippen LogP contribution in [0.5, 0.6) is 0 Å². The van der Waals surface area contributed by atoms with Crippen molar-refractivity contribution in [1.82, 2.24) is 9.97 Å². The highest BCUT2D eigenvalue weighted by atomic mass is 32.1. The van der Waals surface area contributed by atoms with Gasteiger partial charge in [0.1, 0.15) is 5.69 Å². The number of rotatable bonds is 4. The molecule has 1 saturated heterocycles. The van der Waals surface area contributed by atoms with Crippen molar-refractivity contribution in [1.29, 1.82) is 0 Å². The Morgan fingerprint density at radius 1 is 1.19 bits per heavy atom. The number of nitrogens with one attached hydrogen (secondary N) is 1. The van der Waals surface area contributed by atoms with Gasteiger partial charge in [0.25, 0.3) is 0 Å². The predicted molar refractivity (Wildman–Crippen MR) is 106 cm³/mol. The van der Waals surface area contributed by atoms with Crippen LogP contribution in [-0.4, -0.2) is 28.3 Å². The van der Waals surface area contributed by atoms with Crippen molar-refractivity contribution in [2.75, 3.05) is 16.8 Å². The van der Waals surface area contributed by atoms with E-state index in [1.807, 2.05) is 54.8 Å². The van der Waals surface area contributed by atoms with E-state index in [9.17, 15) is 9.59 Å². The zero-order valence-corrected chi connectivity index (χ0v) is 15.6. The molecule has 1 aliphatic rings. The molecular weight excluding hydrogens is 360 g/mol. The molecule has 1 N–H and O–H groups in total. The van der Waals surface area contributed by atoms with Crippen LogP contribution in [0.1, 0.15) is 12.0 Å². The number of aryl methyl sites for hydroxylation is 1. The minimum absolute atomic E-state index is 0.0349. The predicted octanol–water partition coefficient (Wildman–Crippen LogP) is 3.51. The number of nitrogens with zero attached hydrogens (tertiary/aromatic N) is 3. The number of aromatic nitrogens is 2. The fraction of sp³-hybridized carbons (Fsp3) is 0.200. The normalized spacial score (nSPS) is 16.6. The maximum absolute atomic E-state index is 12.6. The zero-order valence-electron chi connectivity index (χ0n) is 14.8. The molecule has 4 rings (SSSR count). The number of anilines is 2. The summed E-state index contributed by atoms with van der Waals surface area (Å²) in [5.74, 6) is -0.604. The number of amides is 2. The highest BCUT2D eigenvalue weighted by molar-refractivity contribution is 7.14. The van der Waals surface area contributed by atoms with Gasteiger partial charge in [0, 0.05) is 30.2 Å². The topological polar surface area (TPSA) is 75.2 Å². The Balaban J connectivity index is 1.43. The number of pyridine rings is 1. The first-order chi connectivity index (χ1) is 13.1. The summed E-state index contributed by atoms with van der Waals surface area (Å²) >= 11 is 1.35. The third-order valence-electron chi connectivity index (χ3n) is 4.50. The molecule has 0 spiro atoms. The Bertz CT molecular complexity index is 969. The monoisotopic (exact) mass is 378 g/mol. The Morgan fingerprint density at radius 2 is 2.00 bits per heavy atom. The molecule has 0 radical (unpaired) electrons. The van der Waals surface area contributed by atoms with Gasteiger partial charge in [-0.2, -0.15) is 0 Å². The van der Waals surface area contributed by atoms with Gasteiger partial charge >= 0.3 is 0 Å². The van der Waals surface area contributed by atoms with E-state index in [1.54, 1.807) is 11.1 Å². The first kappa shape index (κ1) is 17.4. The van der Waals surface area contributed by atoms with Gasteiger partial charge in [-0.05, 0) is 31.2 Å². The van der Waals surface area contributed by atoms with E-state index >= 15 is 0 Å². The number of carbonyl (C=O) groups is 2. The van der Waals surface area contributed by atoms with Crippen LogP contribution >= 0.6 is 11.3 Å². The summed E-state index contributed by atoms with van der Waals surface area (Å²) in [5.41, 5.74) is 3.44. The molecule has 1 fully saturated rings. The lowest BCUT2D eigenvalue weighted by Crippen LogP contribution is -2.28. The summed E-state index contributed by atoms with van der Waals surface area (Å²) in [5, 5.41) is 5.21. The van der Waals surface area contributed by atoms with Crippen LogP contribution in [0, 0.1) is 12.8 Å². The molecule has 1 aliphatic heterocycles. The SMILES string of the molecule is Cc1ccc(N2CC(C(=O)Nc3nc(-c4ccccn4)cs3)CC2=O)cc1. The Kier molecular flexibility index (Phi) is 4.68. The van der Waals surface area contributed by atoms with Crippen molar-refractivity contribution in [3.05, 3.63) is 59.6 Å². The standard InChI is InChI=1S/C20H18N4O2S/c1-13-5-7-15(8-6-13)24-11-14(10-18(24)25)19(26)23-20-22-17(12-27-20)16-4-2-3-9-21-16/h2-9,12,14H,10-11H2,1H3,(H,22,23,26). The largest absolute Gasteiger partial charge is 0.312 e. The van der Waals surface area contributed by atoms with E-state index < -0.39 is 0 Å². The highest BCUT2D eigenvalue weighted by Crippen LogP contribution is 2.28. The summed E-state index contributed by atoms with van der Waals surface area (Å²) < 4.78 is 0. The van der Waals surface area contributed by atoms with E-state index in [2.05, 4.69) is 15.3 Å². The van der Waals surface area contributed by atoms with Gasteiger partial charge in [-0.15, -0.1) is 11.3 Å². The minimum atomic E-state index is -0.388. The van der Waals surface area contributed by atoms with Crippen LogP contribution in [0.4, 0.5) is 10.8 Å². The quantitative estimate of drug-likeness (QED) is 0.754. The molecule has 0 aliphatic carbocycles. The van der Waals surface area contributed by atoms with Crippen molar-refractivity contribution in [3.8, 4) is 11.4 Å². The molecule has 3 aromatic rings. The fourth-order valence-electron chi connectivity index (χ4n) is 3.03. The van der Waals surface area contributed by atoms with Crippen molar-refractivity contribution in [3.63, 3.8) is 0 Å². The molecular formula is C20H18N4O2S. The molecule has 6 nitrogen and oxygen atoms in total. The van der Waals surface area contributed by atoms with Crippen LogP contribution in [0.15, 0.2) is 54.0 Å². The smallest absolute Gasteiger partial charge is 0.231 e. The average molecular weight is 378 g/mol. The summed E-state index contributed by atoms with van der Waals surface area (Å²) in [4.78, 5) is 35.3. The molecule has 0 bridgehead atoms. The fourth-order valence-corrected chi connectivity index (χ4v) is 3.74. The summed E-state index contributed by atoms with van der Waals surface area (Å²) in [7, 11) is 0. The maximum atomic E-state index is 12.6. The van der Waals surface area contributed by atoms with E-state index in [1.165, 1.54) is 11.3 Å². The highest BCUT2D eigenvalue weighted by Gasteiger charge is 2.35. The molecule has 1 unspecified atom stereocenters. The molecule has 3 heterocycles. The number of benzene rings is 1. The summed E-state index contributed by atoms with van der Waals surface area (Å²) in [6, 6.07) is 13.4. The average Bonchev–Trinajstić information content (AvgIpc) is 3.30. The van der Waals surface area contributed by atoms with Crippen LogP contribution in [0.25, 0.3) is 11.4 Å². The Morgan fingerprint density at radius 3 is 2.74 bits per heavy atom. The second-order valence-corrected chi connectivity index (χ2v) is 7.34. The minimum Gasteiger partial charge on any atom is -0.312 e. The maximum Gasteiger partial charge on any atom is 0.231 e. The first-order valence-electron chi connectivity index (χ1n) is 8.65. The van der Waals surface area contributed by atoms with Gasteiger partial charge < -0.3 is 10.2 Å². The molecule has 7 heteroatoms. The van der Waals surface area contributed by atoms with Gasteiger partial charge in [0.05, 0.1) is 11.6 Å². The van der Waals surface area contributed by atoms with E-state index in [0.717, 1.165) is 22.6 Å². The molecule has 2 aromatic heterocycles. The van der Waals surface area contributed by atoms with Crippen LogP contribution < -0.4 is 10.2 Å². The zero-order chi connectivity index (χ0) is 18.8. The molecule has 0 saturated carbocycles. The third-order valence-corrected chi connectivity index (χ3v) is 5.26. The van der Waals surface area contributed by atoms with Crippen molar-refractivity contribution in [2.45, 2.75) is 13.3 Å². The lowest BCUT2D eigenvalue weighted by Gasteiger charge is -2.16. The summed E-state index contributed by atoms with van der Waals surface area (Å²) in [6.45, 7) is 2.38. The van der Waals surface area contributed by atoms with E-state index in [4.69, 9.17) is 0 Å². The number of hydrogen-bond acceptors (Lipinski definition) is 5. The van der Waals surface area contributed by atoms with E-state index in [0.29, 0.717) is 11.7 Å². The number of thiazole rings is 1. The lowest BCUT2D eigenvalue weighted by molar-refractivity contribution is -0.122. The van der Waals surface area contributed by atoms with Crippen molar-refractivity contribution < 1.29 is 9.59 Å². The molecule has 1 atom stereocenters. The number of hydrogen-bond donors (Lipinski definition) is 1. The Hall–Kier alpha value is -3.06. The lowest BCUT2D eigenvalue weighted by atomic mass is 10.1. The first-order valence-corrected chi connectivity index (χ1v) is 9.53. The second-order valence-electron chi connectivity index (χ2n) is 6.48. The number of carbonyl (C=O) groups excluding carboxylic acids is 2. The molecule has 136 valence electrons. The van der Waals surface area contributed by atoms with Gasteiger partial charge in [0.15, 0.2) is 5.13 Å². The van der Waals surface area contributed by atoms with Crippen molar-refractivity contribution >= 4 is 34.0 Å². The van der Waals surface area contributed by atoms with Gasteiger partial charge in [-0.25, -0.2) is 4.98 Å².